The zero-order valence-electron chi connectivity index (χ0n) is 61.0. The smallest absolute Gasteiger partial charge is 0.295 e. The number of benzene rings is 8. The zero-order valence-corrected chi connectivity index (χ0v) is 85.0. The Morgan fingerprint density at radius 2 is 0.623 bits per heavy atom. The Kier molecular flexibility index (Phi) is 40.1. The van der Waals surface area contributed by atoms with Crippen LogP contribution in [0, 0.1) is 13.8 Å². The van der Waals surface area contributed by atoms with Crippen LogP contribution in [-0.4, -0.2) is 384 Å². The molecule has 8 aromatic carbocycles. The molecule has 2 heterocycles. The first-order chi connectivity index (χ1) is 49.0. The molecule has 0 amide bonds. The van der Waals surface area contributed by atoms with Crippen LogP contribution in [-0.2, 0) is 80.9 Å². The largest absolute Gasteiger partial charge is 0.494 e. The Morgan fingerprint density at radius 1 is 0.333 bits per heavy atom. The maximum absolute atomic E-state index is 12.9. The van der Waals surface area contributed by atoms with Gasteiger partial charge in [-0.3, -0.25) is 46.4 Å². The molecule has 58 heteroatoms. The molecule has 8 radical (unpaired) electrons. The number of hydrogen-bond donors (Lipinski definition) is 12. The van der Waals surface area contributed by atoms with Gasteiger partial charge in [0.1, 0.15) is 52.2 Å². The summed E-state index contributed by atoms with van der Waals surface area (Å²) >= 11 is 12.6. The molecule has 0 atom stereocenters. The first kappa shape index (κ1) is 108. The third-order valence-corrected chi connectivity index (χ3v) is 21.8. The predicted octanol–water partition coefficient (Wildman–Crippen LogP) is 4.89. The number of hydrogen-bond acceptors (Lipinski definition) is 28. The number of fused-ring (bicyclic) bond motifs is 2. The molecule has 0 saturated heterocycles. The van der Waals surface area contributed by atoms with E-state index in [0.29, 0.717) is 47.5 Å². The van der Waals surface area contributed by atoms with E-state index in [1.807, 2.05) is 0 Å². The molecular formula is C56H44Cl2N14Na8O26S8. The van der Waals surface area contributed by atoms with Crippen molar-refractivity contribution in [3.05, 3.63) is 164 Å². The fourth-order valence-corrected chi connectivity index (χ4v) is 15.6. The topological polar surface area (TPSA) is 641 Å². The van der Waals surface area contributed by atoms with Gasteiger partial charge in [-0.2, -0.15) is 97.8 Å². The van der Waals surface area contributed by atoms with Crippen LogP contribution >= 0.6 is 23.2 Å². The molecule has 114 heavy (non-hydrogen) atoms. The van der Waals surface area contributed by atoms with E-state index in [4.69, 9.17) is 32.7 Å². The molecule has 2 aromatic heterocycles. The molecule has 564 valence electrons. The summed E-state index contributed by atoms with van der Waals surface area (Å²) in [5.74, 6) is -0.0227. The van der Waals surface area contributed by atoms with E-state index in [2.05, 4.69) is 70.3 Å². The predicted molar refractivity (Wildman–Crippen MR) is 415 cm³/mol. The molecule has 0 aliphatic carbocycles. The Balaban J connectivity index is 0.00000551. The second kappa shape index (κ2) is 42.3. The van der Waals surface area contributed by atoms with Crippen molar-refractivity contribution in [2.75, 3.05) is 14.2 Å². The summed E-state index contributed by atoms with van der Waals surface area (Å²) in [5, 5.41) is 12.6. The van der Waals surface area contributed by atoms with Crippen LogP contribution in [0.3, 0.4) is 0 Å². The number of rotatable bonds is 20. The van der Waals surface area contributed by atoms with Gasteiger partial charge in [-0.05, 0) is 144 Å². The number of methoxy groups -OCH3 is 2. The van der Waals surface area contributed by atoms with Gasteiger partial charge in [0.15, 0.2) is 0 Å². The minimum atomic E-state index is -5.34. The minimum Gasteiger partial charge on any atom is -0.494 e. The average molecular weight is 1840 g/mol. The van der Waals surface area contributed by atoms with E-state index in [-0.39, 0.29) is 326 Å². The number of azo groups is 2. The quantitative estimate of drug-likeness (QED) is 0.0209. The van der Waals surface area contributed by atoms with Crippen molar-refractivity contribution in [3.8, 4) is 11.5 Å². The van der Waals surface area contributed by atoms with Crippen LogP contribution in [0.4, 0.5) is 45.5 Å². The van der Waals surface area contributed by atoms with E-state index >= 15 is 0 Å². The molecular weight excluding hydrogens is 1800 g/mol. The monoisotopic (exact) mass is 1840 g/mol. The van der Waals surface area contributed by atoms with Crippen molar-refractivity contribution < 1.29 is 113 Å². The number of aromatic nitrogens is 6. The van der Waals surface area contributed by atoms with Crippen LogP contribution in [0.2, 0.25) is 10.6 Å². The molecule has 0 aliphatic rings. The van der Waals surface area contributed by atoms with Gasteiger partial charge in [0, 0.05) is 270 Å². The summed E-state index contributed by atoms with van der Waals surface area (Å²) in [5.41, 5.74) is -1.94. The average Bonchev–Trinajstić information content (AvgIpc) is 0.748. The van der Waals surface area contributed by atoms with E-state index < -0.39 is 153 Å². The molecule has 0 spiro atoms. The van der Waals surface area contributed by atoms with Crippen molar-refractivity contribution >= 4 is 420 Å². The van der Waals surface area contributed by atoms with Crippen LogP contribution in [0.5, 0.6) is 11.5 Å². The van der Waals surface area contributed by atoms with Crippen LogP contribution in [0.15, 0.2) is 189 Å². The summed E-state index contributed by atoms with van der Waals surface area (Å²) < 4.78 is 290. The van der Waals surface area contributed by atoms with Crippen LogP contribution < -0.4 is 31.9 Å². The van der Waals surface area contributed by atoms with Gasteiger partial charge in [-0.25, -0.2) is 20.0 Å². The third kappa shape index (κ3) is 27.2. The van der Waals surface area contributed by atoms with Gasteiger partial charge >= 0.3 is 0 Å². The van der Waals surface area contributed by atoms with Crippen molar-refractivity contribution in [3.63, 3.8) is 0 Å². The molecule has 0 fully saturated rings. The van der Waals surface area contributed by atoms with E-state index in [1.54, 1.807) is 0 Å². The summed E-state index contributed by atoms with van der Waals surface area (Å²) in [4.78, 5) is 28.0. The zero-order chi connectivity index (χ0) is 77.9. The van der Waals surface area contributed by atoms with E-state index in [9.17, 15) is 104 Å². The van der Waals surface area contributed by atoms with Crippen molar-refractivity contribution in [1.82, 2.24) is 29.9 Å². The van der Waals surface area contributed by atoms with Gasteiger partial charge in [0.2, 0.25) is 33.0 Å². The number of aryl methyl sites for hydroxylation is 2. The second-order valence-electron chi connectivity index (χ2n) is 21.6. The van der Waals surface area contributed by atoms with Gasteiger partial charge < -0.3 is 19.4 Å². The SMILES string of the molecule is COc1cc(N=Nc2cc(S(=O)(=O)O)c3cc(S(=O)(=O)O)cc(S(=O)(=O)O)c3c2)c(C)cc1N=c1[nH]c(Cl)nc(=Nc2ccc(C=Cc3ccc(N=c4nc(Cl)[nH]c(=Nc5cc(C)c(N=Nc6cc(S(=O)(=O)O)c7cc(S(=O)(=O)O)cc(S(=O)(=O)O)c7c6)cc5OC)[nH]4)cc3S(=O)(=O)O)c(S(=O)(=O)O)c2)[nH]1.[Na].[Na].[Na].[Na].[Na].[Na].[Na].[Na]. The van der Waals surface area contributed by atoms with Gasteiger partial charge in [0.05, 0.1) is 58.1 Å². The van der Waals surface area contributed by atoms with Crippen LogP contribution in [0.1, 0.15) is 22.3 Å². The number of aromatic amines is 4. The van der Waals surface area contributed by atoms with Gasteiger partial charge in [-0.15, -0.1) is 0 Å². The number of nitrogens with one attached hydrogen (secondary N) is 4. The maximum Gasteiger partial charge on any atom is 0.295 e. The summed E-state index contributed by atoms with van der Waals surface area (Å²) in [6.45, 7) is 3.03. The van der Waals surface area contributed by atoms with Crippen LogP contribution in [0.25, 0.3) is 33.7 Å². The Bertz CT molecular complexity index is 6500. The Morgan fingerprint density at radius 3 is 0.912 bits per heavy atom. The fourth-order valence-electron chi connectivity index (χ4n) is 9.80. The molecule has 0 saturated carbocycles. The van der Waals surface area contributed by atoms with E-state index in [1.165, 1.54) is 64.5 Å². The standard InChI is InChI=1S/C56H44Cl2N14O26S8.8Na/c1-25-11-41(43(97-3)23-39(25)71-69-31-13-35-37(47(17-31)103(85,86)87)19-33(99(73,74)75)21-49(35)105(91,92)93)61-55-65-51(57)63-53(67-55)59-29-9-7-27(45(15-29)101(79,80)81)5-6-28-8-10-30(16-46(28)102(82,83)84)60-54-64-52(58)66-56(68-54)62-42-12-26(2)40(24-44(42)98-4)72-70-32-14-36-38(48(18-32)104(88,89)90)20-34(100(76,77)78)22-50(36)106(94,95)96;;;;;;;;/h5-24H,1-4H3,(H,73,74,75)(H,76,77,78)(H,79,80,81)(H,82,83,84)(H,85,86,87)(H,88,89,90)(H,91,92,93)(H,94,95,96)(H2,59,61,63,65,67)(H2,60,62,64,66,68);;;;;;;;. The number of nitrogens with zero attached hydrogens (tertiary/aromatic N) is 10. The van der Waals surface area contributed by atoms with Crippen molar-refractivity contribution in [2.45, 2.75) is 53.0 Å². The van der Waals surface area contributed by atoms with Crippen molar-refractivity contribution in [1.29, 1.82) is 0 Å². The molecule has 10 rings (SSSR count). The van der Waals surface area contributed by atoms with Crippen molar-refractivity contribution in [2.24, 2.45) is 40.4 Å². The molecule has 12 N–H and O–H groups in total. The summed E-state index contributed by atoms with van der Waals surface area (Å²) in [6.07, 6.45) is 2.16. The van der Waals surface area contributed by atoms with Gasteiger partial charge in [-0.1, -0.05) is 24.3 Å². The number of H-pyrrole nitrogens is 4. The maximum atomic E-state index is 12.9. The normalized spacial score (nSPS) is 12.9. The molecule has 0 unspecified atom stereocenters. The molecule has 0 aliphatic heterocycles. The second-order valence-corrected chi connectivity index (χ2v) is 33.5. The first-order valence-electron chi connectivity index (χ1n) is 28.2. The Hall–Kier alpha value is -2.10. The molecule has 40 nitrogen and oxygen atoms in total. The fraction of sp³-hybridized carbons (Fsp3) is 0.0714. The first-order valence-corrected chi connectivity index (χ1v) is 40.4. The third-order valence-electron chi connectivity index (χ3n) is 14.4. The molecule has 0 bridgehead atoms. The Labute approximate surface area is 833 Å². The van der Waals surface area contributed by atoms with Gasteiger partial charge in [0.25, 0.3) is 80.9 Å². The van der Waals surface area contributed by atoms with E-state index in [0.717, 1.165) is 48.6 Å². The molecule has 10 aromatic rings. The number of halogens is 2. The summed E-state index contributed by atoms with van der Waals surface area (Å²) in [6, 6.07) is 17.0. The summed E-state index contributed by atoms with van der Waals surface area (Å²) in [7, 11) is -39.5. The minimum absolute atomic E-state index is 0. The number of ether oxygens (including phenoxy) is 2.